The van der Waals surface area contributed by atoms with Crippen molar-refractivity contribution in [1.29, 1.82) is 0 Å². The van der Waals surface area contributed by atoms with Crippen LogP contribution in [0, 0.1) is 5.92 Å². The SMILES string of the molecule is CC1C=CC=CC1N(c1ccccc1)c1ccc2c(c1)C(C)(C)c1cc(N(c3ccccc3)c3ccccc3)ccc1-2. The Hall–Kier alpha value is -4.82. The zero-order valence-corrected chi connectivity index (χ0v) is 24.5. The van der Waals surface area contributed by atoms with Crippen molar-refractivity contribution in [3.8, 4) is 11.1 Å². The minimum Gasteiger partial charge on any atom is -0.334 e. The smallest absolute Gasteiger partial charge is 0.0585 e. The van der Waals surface area contributed by atoms with Crippen molar-refractivity contribution < 1.29 is 0 Å². The molecule has 0 spiro atoms. The van der Waals surface area contributed by atoms with Crippen LogP contribution in [0.15, 0.2) is 152 Å². The first-order valence-corrected chi connectivity index (χ1v) is 14.9. The number of nitrogens with zero attached hydrogens (tertiary/aromatic N) is 2. The number of fused-ring (bicyclic) bond motifs is 3. The van der Waals surface area contributed by atoms with E-state index >= 15 is 0 Å². The van der Waals surface area contributed by atoms with Crippen LogP contribution in [0.2, 0.25) is 0 Å². The number of allylic oxidation sites excluding steroid dienone is 2. The molecule has 42 heavy (non-hydrogen) atoms. The van der Waals surface area contributed by atoms with Gasteiger partial charge in [-0.3, -0.25) is 0 Å². The van der Waals surface area contributed by atoms with Crippen LogP contribution in [0.1, 0.15) is 31.9 Å². The van der Waals surface area contributed by atoms with E-state index in [-0.39, 0.29) is 11.5 Å². The molecule has 0 bridgehead atoms. The van der Waals surface area contributed by atoms with E-state index in [4.69, 9.17) is 0 Å². The summed E-state index contributed by atoms with van der Waals surface area (Å²) in [6, 6.07) is 46.4. The van der Waals surface area contributed by atoms with Gasteiger partial charge in [-0.1, -0.05) is 112 Å². The van der Waals surface area contributed by atoms with Crippen LogP contribution < -0.4 is 9.80 Å². The monoisotopic (exact) mass is 544 g/mol. The summed E-state index contributed by atoms with van der Waals surface area (Å²) in [4.78, 5) is 4.86. The van der Waals surface area contributed by atoms with Crippen molar-refractivity contribution in [3.63, 3.8) is 0 Å². The van der Waals surface area contributed by atoms with Crippen LogP contribution in [0.3, 0.4) is 0 Å². The molecule has 2 nitrogen and oxygen atoms in total. The predicted octanol–water partition coefficient (Wildman–Crippen LogP) is 10.7. The van der Waals surface area contributed by atoms with E-state index in [9.17, 15) is 0 Å². The van der Waals surface area contributed by atoms with Gasteiger partial charge < -0.3 is 9.80 Å². The summed E-state index contributed by atoms with van der Waals surface area (Å²) in [5, 5.41) is 0. The Bertz CT molecular complexity index is 1730. The van der Waals surface area contributed by atoms with E-state index in [0.717, 1.165) is 11.4 Å². The number of anilines is 5. The average molecular weight is 545 g/mol. The highest BCUT2D eigenvalue weighted by atomic mass is 15.2. The summed E-state index contributed by atoms with van der Waals surface area (Å²) in [6.45, 7) is 7.05. The predicted molar refractivity (Wildman–Crippen MR) is 179 cm³/mol. The molecule has 0 fully saturated rings. The lowest BCUT2D eigenvalue weighted by atomic mass is 9.82. The molecule has 0 amide bonds. The Balaban J connectivity index is 1.33. The molecule has 7 rings (SSSR count). The molecule has 0 heterocycles. The first kappa shape index (κ1) is 26.1. The summed E-state index contributed by atoms with van der Waals surface area (Å²) >= 11 is 0. The number of benzene rings is 5. The first-order chi connectivity index (χ1) is 20.5. The fraction of sp³-hybridized carbons (Fsp3) is 0.150. The van der Waals surface area contributed by atoms with Crippen LogP contribution in [-0.4, -0.2) is 6.04 Å². The molecule has 2 aliphatic rings. The zero-order chi connectivity index (χ0) is 28.7. The van der Waals surface area contributed by atoms with E-state index in [1.165, 1.54) is 39.3 Å². The minimum atomic E-state index is -0.147. The van der Waals surface area contributed by atoms with Crippen LogP contribution in [0.5, 0.6) is 0 Å². The fourth-order valence-corrected chi connectivity index (χ4v) is 6.71. The maximum absolute atomic E-state index is 2.50. The number of para-hydroxylation sites is 3. The molecular weight excluding hydrogens is 508 g/mol. The normalized spacial score (nSPS) is 17.9. The average Bonchev–Trinajstić information content (AvgIpc) is 3.25. The molecule has 206 valence electrons. The summed E-state index contributed by atoms with van der Waals surface area (Å²) in [5.74, 6) is 0.401. The quantitative estimate of drug-likeness (QED) is 0.210. The first-order valence-electron chi connectivity index (χ1n) is 14.9. The summed E-state index contributed by atoms with van der Waals surface area (Å²) in [6.07, 6.45) is 8.98. The van der Waals surface area contributed by atoms with E-state index in [0.29, 0.717) is 5.92 Å². The highest BCUT2D eigenvalue weighted by Gasteiger charge is 2.37. The molecule has 0 N–H and O–H groups in total. The number of hydrogen-bond acceptors (Lipinski definition) is 2. The molecule has 0 radical (unpaired) electrons. The highest BCUT2D eigenvalue weighted by molar-refractivity contribution is 5.87. The van der Waals surface area contributed by atoms with Crippen LogP contribution in [0.25, 0.3) is 11.1 Å². The molecule has 2 unspecified atom stereocenters. The lowest BCUT2D eigenvalue weighted by Gasteiger charge is -2.36. The second-order valence-electron chi connectivity index (χ2n) is 11.9. The van der Waals surface area contributed by atoms with Gasteiger partial charge >= 0.3 is 0 Å². The fourth-order valence-electron chi connectivity index (χ4n) is 6.71. The maximum atomic E-state index is 2.50. The summed E-state index contributed by atoms with van der Waals surface area (Å²) in [7, 11) is 0. The van der Waals surface area contributed by atoms with Gasteiger partial charge in [0.25, 0.3) is 0 Å². The van der Waals surface area contributed by atoms with E-state index in [1.807, 2.05) is 0 Å². The second kappa shape index (κ2) is 10.5. The summed E-state index contributed by atoms with van der Waals surface area (Å²) in [5.41, 5.74) is 11.2. The Morgan fingerprint density at radius 1 is 0.500 bits per heavy atom. The molecule has 2 atom stereocenters. The van der Waals surface area contributed by atoms with Gasteiger partial charge in [-0.15, -0.1) is 0 Å². The van der Waals surface area contributed by atoms with E-state index in [1.54, 1.807) is 0 Å². The van der Waals surface area contributed by atoms with Crippen molar-refractivity contribution >= 4 is 28.4 Å². The summed E-state index contributed by atoms with van der Waals surface area (Å²) < 4.78 is 0. The van der Waals surface area contributed by atoms with E-state index < -0.39 is 0 Å². The number of hydrogen-bond donors (Lipinski definition) is 0. The van der Waals surface area contributed by atoms with Crippen LogP contribution in [0.4, 0.5) is 28.4 Å². The van der Waals surface area contributed by atoms with Crippen molar-refractivity contribution in [2.24, 2.45) is 5.92 Å². The molecule has 2 heteroatoms. The zero-order valence-electron chi connectivity index (χ0n) is 24.5. The van der Waals surface area contributed by atoms with Gasteiger partial charge in [-0.25, -0.2) is 0 Å². The third-order valence-electron chi connectivity index (χ3n) is 8.91. The Labute approximate surface area is 249 Å². The second-order valence-corrected chi connectivity index (χ2v) is 11.9. The van der Waals surface area contributed by atoms with Crippen LogP contribution >= 0.6 is 0 Å². The van der Waals surface area contributed by atoms with Gasteiger partial charge in [0.2, 0.25) is 0 Å². The van der Waals surface area contributed by atoms with E-state index in [2.05, 4.69) is 182 Å². The maximum Gasteiger partial charge on any atom is 0.0585 e. The molecule has 5 aromatic carbocycles. The largest absolute Gasteiger partial charge is 0.334 e. The Kier molecular flexibility index (Phi) is 6.55. The molecule has 5 aromatic rings. The molecule has 0 saturated carbocycles. The van der Waals surface area contributed by atoms with Gasteiger partial charge in [0, 0.05) is 33.9 Å². The molecule has 2 aliphatic carbocycles. The van der Waals surface area contributed by atoms with Gasteiger partial charge in [-0.2, -0.15) is 0 Å². The lowest BCUT2D eigenvalue weighted by Crippen LogP contribution is -2.35. The number of rotatable bonds is 6. The lowest BCUT2D eigenvalue weighted by molar-refractivity contribution is 0.608. The molecule has 0 aromatic heterocycles. The minimum absolute atomic E-state index is 0.147. The topological polar surface area (TPSA) is 6.48 Å². The third-order valence-corrected chi connectivity index (χ3v) is 8.91. The van der Waals surface area contributed by atoms with Crippen molar-refractivity contribution in [2.45, 2.75) is 32.2 Å². The standard InChI is InChI=1S/C40H36N2/c1-29-15-13-14-22-39(29)42(32-20-11-6-12-21-32)34-24-26-36-35-25-23-33(27-37(35)40(2,3)38(36)28-34)41(30-16-7-4-8-17-30)31-18-9-5-10-19-31/h4-29,39H,1-3H3. The van der Waals surface area contributed by atoms with Gasteiger partial charge in [0.05, 0.1) is 6.04 Å². The Morgan fingerprint density at radius 3 is 1.52 bits per heavy atom. The third kappa shape index (κ3) is 4.44. The molecule has 0 aliphatic heterocycles. The Morgan fingerprint density at radius 2 is 0.976 bits per heavy atom. The van der Waals surface area contributed by atoms with Crippen LogP contribution in [-0.2, 0) is 5.41 Å². The van der Waals surface area contributed by atoms with Gasteiger partial charge in [0.15, 0.2) is 0 Å². The van der Waals surface area contributed by atoms with Gasteiger partial charge in [-0.05, 0) is 88.8 Å². The molecular formula is C40H36N2. The van der Waals surface area contributed by atoms with Crippen molar-refractivity contribution in [1.82, 2.24) is 0 Å². The highest BCUT2D eigenvalue weighted by Crippen LogP contribution is 2.52. The van der Waals surface area contributed by atoms with Gasteiger partial charge in [0.1, 0.15) is 0 Å². The van der Waals surface area contributed by atoms with Crippen molar-refractivity contribution in [2.75, 3.05) is 9.80 Å². The van der Waals surface area contributed by atoms with Crippen molar-refractivity contribution in [3.05, 3.63) is 163 Å². The molecule has 0 saturated heterocycles.